The first-order valence-electron chi connectivity index (χ1n) is 4.54. The number of piperidine rings is 1. The summed E-state index contributed by atoms with van der Waals surface area (Å²) in [6.45, 7) is 1.73. The fourth-order valence-corrected chi connectivity index (χ4v) is 3.95. The molecule has 0 saturated carbocycles. The van der Waals surface area contributed by atoms with E-state index in [9.17, 15) is 4.79 Å². The number of carbonyl (C=O) groups excluding carboxylic acids is 1. The van der Waals surface area contributed by atoms with E-state index >= 15 is 0 Å². The number of nitrogens with zero attached hydrogens (tertiary/aromatic N) is 1. The summed E-state index contributed by atoms with van der Waals surface area (Å²) in [6.07, 6.45) is 2.53. The van der Waals surface area contributed by atoms with Crippen molar-refractivity contribution in [3.05, 3.63) is 0 Å². The molecule has 3 atom stereocenters. The molecule has 3 rings (SSSR count). The Hall–Kier alpha value is -0.0200. The maximum Gasteiger partial charge on any atom is 0.147 e. The Morgan fingerprint density at radius 3 is 2.58 bits per heavy atom. The third kappa shape index (κ3) is 1.19. The first kappa shape index (κ1) is 8.57. The third-order valence-electron chi connectivity index (χ3n) is 3.04. The largest absolute Gasteiger partial charge is 0.298 e. The second kappa shape index (κ2) is 3.04. The average Bonchev–Trinajstić information content (AvgIpc) is 2.05. The number of Topliss-reactive ketones (excluding diaryl/α,β-unsaturated/α-hetero) is 1. The van der Waals surface area contributed by atoms with Gasteiger partial charge in [-0.25, -0.2) is 0 Å². The smallest absolute Gasteiger partial charge is 0.147 e. The van der Waals surface area contributed by atoms with Crippen molar-refractivity contribution in [2.24, 2.45) is 5.92 Å². The summed E-state index contributed by atoms with van der Waals surface area (Å²) in [4.78, 5) is 13.6. The number of thioether (sulfide) groups is 1. The van der Waals surface area contributed by atoms with Gasteiger partial charge in [-0.05, 0) is 38.5 Å². The topological polar surface area (TPSA) is 20.3 Å². The number of hydrogen-bond donors (Lipinski definition) is 0. The zero-order valence-corrected chi connectivity index (χ0v) is 8.43. The number of likely N-dealkylation sites (N-methyl/N-ethyl adjacent to an activating group) is 1. The molecule has 12 heavy (non-hydrogen) atoms. The van der Waals surface area contributed by atoms with Crippen LogP contribution in [0.5, 0.6) is 0 Å². The molecule has 0 aromatic heterocycles. The summed E-state index contributed by atoms with van der Waals surface area (Å²) >= 11 is 2.02. The van der Waals surface area contributed by atoms with Crippen molar-refractivity contribution in [1.82, 2.24) is 4.90 Å². The van der Waals surface area contributed by atoms with Gasteiger partial charge in [-0.2, -0.15) is 0 Å². The van der Waals surface area contributed by atoms with E-state index in [1.54, 1.807) is 6.92 Å². The number of carbonyl (C=O) groups is 1. The zero-order chi connectivity index (χ0) is 8.72. The summed E-state index contributed by atoms with van der Waals surface area (Å²) in [5, 5.41) is 0.615. The minimum atomic E-state index is 0.227. The summed E-state index contributed by atoms with van der Waals surface area (Å²) in [6, 6.07) is 0.227. The summed E-state index contributed by atoms with van der Waals surface area (Å²) in [7, 11) is 2.09. The van der Waals surface area contributed by atoms with Crippen LogP contribution in [0.2, 0.25) is 0 Å². The van der Waals surface area contributed by atoms with E-state index in [-0.39, 0.29) is 6.04 Å². The van der Waals surface area contributed by atoms with Crippen molar-refractivity contribution >= 4 is 17.5 Å². The molecule has 2 bridgehead atoms. The predicted octanol–water partition coefficient (Wildman–Crippen LogP) is 1.36. The zero-order valence-electron chi connectivity index (χ0n) is 7.62. The Balaban J connectivity index is 2.18. The lowest BCUT2D eigenvalue weighted by Gasteiger charge is -2.48. The van der Waals surface area contributed by atoms with Crippen LogP contribution in [0, 0.1) is 5.92 Å². The van der Waals surface area contributed by atoms with E-state index in [4.69, 9.17) is 0 Å². The summed E-state index contributed by atoms with van der Waals surface area (Å²) in [5.74, 6) is 2.18. The first-order valence-corrected chi connectivity index (χ1v) is 5.59. The molecule has 3 heterocycles. The van der Waals surface area contributed by atoms with E-state index in [2.05, 4.69) is 11.9 Å². The number of ketones is 1. The van der Waals surface area contributed by atoms with Gasteiger partial charge in [0, 0.05) is 0 Å². The van der Waals surface area contributed by atoms with E-state index < -0.39 is 0 Å². The first-order chi connectivity index (χ1) is 5.70. The monoisotopic (exact) mass is 185 g/mol. The Morgan fingerprint density at radius 2 is 2.25 bits per heavy atom. The molecule has 3 unspecified atom stereocenters. The molecule has 3 heteroatoms. The quantitative estimate of drug-likeness (QED) is 0.615. The average molecular weight is 185 g/mol. The molecule has 3 saturated heterocycles. The molecule has 0 N–H and O–H groups in total. The van der Waals surface area contributed by atoms with Crippen LogP contribution in [0.4, 0.5) is 0 Å². The highest BCUT2D eigenvalue weighted by Crippen LogP contribution is 2.41. The van der Waals surface area contributed by atoms with Crippen molar-refractivity contribution in [1.29, 1.82) is 0 Å². The van der Waals surface area contributed by atoms with Crippen LogP contribution in [-0.4, -0.2) is 34.9 Å². The van der Waals surface area contributed by atoms with Crippen molar-refractivity contribution in [2.45, 2.75) is 31.2 Å². The lowest BCUT2D eigenvalue weighted by atomic mass is 9.88. The Labute approximate surface area is 77.7 Å². The molecule has 0 aromatic carbocycles. The van der Waals surface area contributed by atoms with Gasteiger partial charge in [-0.3, -0.25) is 9.69 Å². The summed E-state index contributed by atoms with van der Waals surface area (Å²) < 4.78 is 0. The molecule has 2 nitrogen and oxygen atoms in total. The second-order valence-electron chi connectivity index (χ2n) is 3.85. The minimum absolute atomic E-state index is 0.227. The van der Waals surface area contributed by atoms with Crippen molar-refractivity contribution < 1.29 is 4.79 Å². The van der Waals surface area contributed by atoms with Crippen LogP contribution < -0.4 is 0 Å². The number of rotatable bonds is 1. The minimum Gasteiger partial charge on any atom is -0.298 e. The fourth-order valence-electron chi connectivity index (χ4n) is 2.46. The highest BCUT2D eigenvalue weighted by molar-refractivity contribution is 7.99. The molecular weight excluding hydrogens is 170 g/mol. The molecule has 0 spiro atoms. The fraction of sp³-hybridized carbons (Fsp3) is 0.889. The van der Waals surface area contributed by atoms with Gasteiger partial charge in [-0.15, -0.1) is 11.8 Å². The van der Waals surface area contributed by atoms with E-state index in [0.29, 0.717) is 17.1 Å². The maximum atomic E-state index is 11.3. The summed E-state index contributed by atoms with van der Waals surface area (Å²) in [5.41, 5.74) is 0. The van der Waals surface area contributed by atoms with Gasteiger partial charge in [0.05, 0.1) is 11.4 Å². The van der Waals surface area contributed by atoms with E-state index in [1.165, 1.54) is 18.6 Å². The van der Waals surface area contributed by atoms with Gasteiger partial charge in [0.2, 0.25) is 0 Å². The molecular formula is C9H15NOS. The van der Waals surface area contributed by atoms with Gasteiger partial charge < -0.3 is 0 Å². The van der Waals surface area contributed by atoms with Gasteiger partial charge >= 0.3 is 0 Å². The SMILES string of the molecule is CC(=O)C1C2CCC(SC2)N1C. The standard InChI is InChI=1S/C9H15NOS/c1-6(11)9-7-3-4-8(10(9)2)12-5-7/h7-9H,3-5H2,1-2H3. The van der Waals surface area contributed by atoms with Crippen molar-refractivity contribution in [3.8, 4) is 0 Å². The molecule has 68 valence electrons. The molecule has 0 aromatic rings. The van der Waals surface area contributed by atoms with Crippen LogP contribution >= 0.6 is 11.8 Å². The van der Waals surface area contributed by atoms with Crippen LogP contribution in [-0.2, 0) is 4.79 Å². The Kier molecular flexibility index (Phi) is 2.17. The van der Waals surface area contributed by atoms with Crippen molar-refractivity contribution in [3.63, 3.8) is 0 Å². The lowest BCUT2D eigenvalue weighted by Crippen LogP contribution is -2.55. The third-order valence-corrected chi connectivity index (χ3v) is 4.62. The number of hydrogen-bond acceptors (Lipinski definition) is 3. The molecule has 3 aliphatic rings. The van der Waals surface area contributed by atoms with Crippen LogP contribution in [0.25, 0.3) is 0 Å². The highest BCUT2D eigenvalue weighted by Gasteiger charge is 2.42. The normalized spacial score (nSPS) is 41.7. The lowest BCUT2D eigenvalue weighted by molar-refractivity contribution is -0.125. The molecule has 0 amide bonds. The molecule has 3 fully saturated rings. The van der Waals surface area contributed by atoms with Gasteiger partial charge in [0.15, 0.2) is 0 Å². The van der Waals surface area contributed by atoms with E-state index in [1.807, 2.05) is 11.8 Å². The van der Waals surface area contributed by atoms with Crippen molar-refractivity contribution in [2.75, 3.05) is 12.8 Å². The number of fused-ring (bicyclic) bond motifs is 3. The van der Waals surface area contributed by atoms with Crippen LogP contribution in [0.3, 0.4) is 0 Å². The van der Waals surface area contributed by atoms with Gasteiger partial charge in [0.25, 0.3) is 0 Å². The van der Waals surface area contributed by atoms with E-state index in [0.717, 1.165) is 0 Å². The molecule has 3 aliphatic heterocycles. The van der Waals surface area contributed by atoms with Gasteiger partial charge in [-0.1, -0.05) is 0 Å². The molecule has 0 radical (unpaired) electrons. The van der Waals surface area contributed by atoms with Crippen LogP contribution in [0.15, 0.2) is 0 Å². The van der Waals surface area contributed by atoms with Gasteiger partial charge in [0.1, 0.15) is 5.78 Å². The van der Waals surface area contributed by atoms with Crippen LogP contribution in [0.1, 0.15) is 19.8 Å². The Bertz CT molecular complexity index is 197. The Morgan fingerprint density at radius 1 is 1.50 bits per heavy atom. The maximum absolute atomic E-state index is 11.3. The second-order valence-corrected chi connectivity index (χ2v) is 5.06. The predicted molar refractivity (Wildman–Crippen MR) is 51.2 cm³/mol. The highest BCUT2D eigenvalue weighted by atomic mass is 32.2. The molecule has 0 aliphatic carbocycles.